The van der Waals surface area contributed by atoms with Gasteiger partial charge in [-0.2, -0.15) is 0 Å². The Morgan fingerprint density at radius 2 is 1.94 bits per heavy atom. The molecule has 0 fully saturated rings. The van der Waals surface area contributed by atoms with Crippen LogP contribution in [-0.4, -0.2) is 13.4 Å². The Morgan fingerprint density at radius 3 is 2.53 bits per heavy atom. The van der Waals surface area contributed by atoms with Gasteiger partial charge in [-0.3, -0.25) is 4.79 Å². The van der Waals surface area contributed by atoms with Crippen molar-refractivity contribution < 1.29 is 9.53 Å². The van der Waals surface area contributed by atoms with Gasteiger partial charge in [-0.1, -0.05) is 0 Å². The van der Waals surface area contributed by atoms with Crippen LogP contribution in [0.5, 0.6) is 5.75 Å². The first-order valence-electron chi connectivity index (χ1n) is 5.36. The van der Waals surface area contributed by atoms with Gasteiger partial charge in [0.25, 0.3) is 0 Å². The summed E-state index contributed by atoms with van der Waals surface area (Å²) < 4.78 is 5.29. The second kappa shape index (κ2) is 4.72. The molecule has 0 atom stereocenters. The second-order valence-corrected chi connectivity index (χ2v) is 5.07. The maximum absolute atomic E-state index is 10.7. The van der Waals surface area contributed by atoms with Crippen molar-refractivity contribution in [3.63, 3.8) is 0 Å². The summed E-state index contributed by atoms with van der Waals surface area (Å²) in [6.07, 6.45) is 0.889. The van der Waals surface area contributed by atoms with Crippen LogP contribution < -0.4 is 4.74 Å². The fourth-order valence-electron chi connectivity index (χ4n) is 1.84. The molecule has 0 bridgehead atoms. The van der Waals surface area contributed by atoms with Crippen LogP contribution in [0.15, 0.2) is 24.3 Å². The number of aldehydes is 1. The highest BCUT2D eigenvalue weighted by Crippen LogP contribution is 2.33. The van der Waals surface area contributed by atoms with E-state index >= 15 is 0 Å². The van der Waals surface area contributed by atoms with E-state index in [9.17, 15) is 4.79 Å². The predicted octanol–water partition coefficient (Wildman–Crippen LogP) is 3.85. The Kier molecular flexibility index (Phi) is 3.29. The number of benzene rings is 1. The van der Waals surface area contributed by atoms with Gasteiger partial charge in [-0.15, -0.1) is 11.3 Å². The highest BCUT2D eigenvalue weighted by molar-refractivity contribution is 7.17. The Hall–Kier alpha value is -1.61. The van der Waals surface area contributed by atoms with Crippen molar-refractivity contribution in [2.45, 2.75) is 13.8 Å². The Balaban J connectivity index is 2.52. The monoisotopic (exact) mass is 246 g/mol. The molecule has 2 rings (SSSR count). The Labute approximate surface area is 105 Å². The van der Waals surface area contributed by atoms with Gasteiger partial charge in [0.2, 0.25) is 0 Å². The topological polar surface area (TPSA) is 26.3 Å². The summed E-state index contributed by atoms with van der Waals surface area (Å²) in [5.41, 5.74) is 3.43. The number of thiophene rings is 1. The molecule has 3 heteroatoms. The summed E-state index contributed by atoms with van der Waals surface area (Å²) in [5, 5.41) is 0. The van der Waals surface area contributed by atoms with E-state index < -0.39 is 0 Å². The van der Waals surface area contributed by atoms with Gasteiger partial charge in [-0.25, -0.2) is 0 Å². The van der Waals surface area contributed by atoms with Gasteiger partial charge in [0, 0.05) is 4.88 Å². The third kappa shape index (κ3) is 2.24. The SMILES string of the molecule is COc1cc(C)c(-c2ccc(C=O)s2)cc1C. The lowest BCUT2D eigenvalue weighted by Crippen LogP contribution is -1.90. The lowest BCUT2D eigenvalue weighted by molar-refractivity contribution is 0.112. The molecule has 0 N–H and O–H groups in total. The number of carbonyl (C=O) groups is 1. The quantitative estimate of drug-likeness (QED) is 0.769. The molecule has 1 aromatic heterocycles. The number of rotatable bonds is 3. The first-order valence-corrected chi connectivity index (χ1v) is 6.18. The van der Waals surface area contributed by atoms with Crippen molar-refractivity contribution in [1.82, 2.24) is 0 Å². The van der Waals surface area contributed by atoms with E-state index in [1.807, 2.05) is 25.1 Å². The molecule has 2 nitrogen and oxygen atoms in total. The maximum atomic E-state index is 10.7. The van der Waals surface area contributed by atoms with E-state index in [2.05, 4.69) is 13.0 Å². The molecule has 17 heavy (non-hydrogen) atoms. The van der Waals surface area contributed by atoms with Crippen molar-refractivity contribution in [2.75, 3.05) is 7.11 Å². The fraction of sp³-hybridized carbons (Fsp3) is 0.214. The first kappa shape index (κ1) is 11.9. The van der Waals surface area contributed by atoms with E-state index in [0.29, 0.717) is 0 Å². The van der Waals surface area contributed by atoms with E-state index in [1.54, 1.807) is 7.11 Å². The highest BCUT2D eigenvalue weighted by Gasteiger charge is 2.09. The average molecular weight is 246 g/mol. The molecule has 1 aromatic carbocycles. The molecule has 0 aliphatic rings. The standard InChI is InChI=1S/C14H14O2S/c1-9-7-13(16-3)10(2)6-12(9)14-5-4-11(8-15)17-14/h4-8H,1-3H3. The molecule has 0 radical (unpaired) electrons. The van der Waals surface area contributed by atoms with E-state index in [0.717, 1.165) is 32.9 Å². The maximum Gasteiger partial charge on any atom is 0.160 e. The molecule has 88 valence electrons. The average Bonchev–Trinajstić information content (AvgIpc) is 2.80. The fourth-order valence-corrected chi connectivity index (χ4v) is 2.74. The van der Waals surface area contributed by atoms with Crippen molar-refractivity contribution in [1.29, 1.82) is 0 Å². The molecule has 0 spiro atoms. The molecule has 0 amide bonds. The number of carbonyl (C=O) groups excluding carboxylic acids is 1. The van der Waals surface area contributed by atoms with Crippen molar-refractivity contribution in [3.05, 3.63) is 40.3 Å². The molecule has 0 saturated carbocycles. The minimum absolute atomic E-state index is 0.757. The molecule has 0 aliphatic carbocycles. The minimum atomic E-state index is 0.757. The molecule has 0 saturated heterocycles. The van der Waals surface area contributed by atoms with Crippen LogP contribution in [0.2, 0.25) is 0 Å². The zero-order chi connectivity index (χ0) is 12.4. The van der Waals surface area contributed by atoms with Gasteiger partial charge in [0.05, 0.1) is 12.0 Å². The van der Waals surface area contributed by atoms with E-state index in [1.165, 1.54) is 16.9 Å². The van der Waals surface area contributed by atoms with Crippen LogP contribution in [-0.2, 0) is 0 Å². The smallest absolute Gasteiger partial charge is 0.160 e. The van der Waals surface area contributed by atoms with E-state index in [4.69, 9.17) is 4.74 Å². The number of hydrogen-bond donors (Lipinski definition) is 0. The zero-order valence-corrected chi connectivity index (χ0v) is 10.9. The first-order chi connectivity index (χ1) is 8.15. The summed E-state index contributed by atoms with van der Waals surface area (Å²) in [7, 11) is 1.68. The summed E-state index contributed by atoms with van der Waals surface area (Å²) in [5.74, 6) is 0.901. The van der Waals surface area contributed by atoms with E-state index in [-0.39, 0.29) is 0 Å². The number of ether oxygens (including phenoxy) is 1. The largest absolute Gasteiger partial charge is 0.496 e. The van der Waals surface area contributed by atoms with Gasteiger partial charge in [0.1, 0.15) is 5.75 Å². The summed E-state index contributed by atoms with van der Waals surface area (Å²) >= 11 is 1.51. The van der Waals surface area contributed by atoms with Crippen LogP contribution in [0, 0.1) is 13.8 Å². The van der Waals surface area contributed by atoms with Crippen LogP contribution in [0.4, 0.5) is 0 Å². The van der Waals surface area contributed by atoms with Crippen molar-refractivity contribution in [2.24, 2.45) is 0 Å². The molecule has 1 heterocycles. The third-order valence-corrected chi connectivity index (χ3v) is 3.79. The van der Waals surface area contributed by atoms with Crippen LogP contribution in [0.25, 0.3) is 10.4 Å². The van der Waals surface area contributed by atoms with Gasteiger partial charge in [-0.05, 0) is 54.8 Å². The third-order valence-electron chi connectivity index (χ3n) is 2.75. The lowest BCUT2D eigenvalue weighted by Gasteiger charge is -2.09. The zero-order valence-electron chi connectivity index (χ0n) is 10.1. The van der Waals surface area contributed by atoms with Crippen LogP contribution in [0.1, 0.15) is 20.8 Å². The predicted molar refractivity (Wildman–Crippen MR) is 71.2 cm³/mol. The summed E-state index contributed by atoms with van der Waals surface area (Å²) in [6, 6.07) is 7.98. The van der Waals surface area contributed by atoms with Gasteiger partial charge in [0.15, 0.2) is 6.29 Å². The summed E-state index contributed by atoms with van der Waals surface area (Å²) in [4.78, 5) is 12.6. The molecule has 0 aliphatic heterocycles. The van der Waals surface area contributed by atoms with Crippen molar-refractivity contribution >= 4 is 17.6 Å². The van der Waals surface area contributed by atoms with Gasteiger partial charge >= 0.3 is 0 Å². The van der Waals surface area contributed by atoms with Crippen molar-refractivity contribution in [3.8, 4) is 16.2 Å². The Bertz CT molecular complexity index is 555. The highest BCUT2D eigenvalue weighted by atomic mass is 32.1. The van der Waals surface area contributed by atoms with Crippen LogP contribution >= 0.6 is 11.3 Å². The van der Waals surface area contributed by atoms with Gasteiger partial charge < -0.3 is 4.74 Å². The molecule has 2 aromatic rings. The Morgan fingerprint density at radius 1 is 1.18 bits per heavy atom. The number of hydrogen-bond acceptors (Lipinski definition) is 3. The minimum Gasteiger partial charge on any atom is -0.496 e. The molecule has 0 unspecified atom stereocenters. The molecular formula is C14H14O2S. The summed E-state index contributed by atoms with van der Waals surface area (Å²) in [6.45, 7) is 4.08. The number of methoxy groups -OCH3 is 1. The van der Waals surface area contributed by atoms with Crippen LogP contribution in [0.3, 0.4) is 0 Å². The lowest BCUT2D eigenvalue weighted by atomic mass is 10.0. The molecular weight excluding hydrogens is 232 g/mol. The normalized spacial score (nSPS) is 10.3. The number of aryl methyl sites for hydroxylation is 2. The second-order valence-electron chi connectivity index (χ2n) is 3.96.